The van der Waals surface area contributed by atoms with Crippen LogP contribution in [0.25, 0.3) is 0 Å². The third-order valence-electron chi connectivity index (χ3n) is 1.07. The fraction of sp³-hybridized carbons (Fsp3) is 0.714. The Balaban J connectivity index is 3.63. The first-order valence-electron chi connectivity index (χ1n) is 3.65. The molecule has 0 aliphatic heterocycles. The molecule has 1 N–H and O–H groups in total. The average molecular weight is 192 g/mol. The van der Waals surface area contributed by atoms with Crippen molar-refractivity contribution in [3.8, 4) is 0 Å². The average Bonchev–Trinajstić information content (AvgIpc) is 2.13. The highest BCUT2D eigenvalue weighted by Gasteiger charge is 2.17. The third kappa shape index (κ3) is 5.15. The van der Waals surface area contributed by atoms with Gasteiger partial charge in [-0.1, -0.05) is 0 Å². The van der Waals surface area contributed by atoms with Crippen LogP contribution in [0.2, 0.25) is 0 Å². The highest BCUT2D eigenvalue weighted by atomic mass is 16.7. The number of aliphatic hydroxyl groups is 1. The summed E-state index contributed by atoms with van der Waals surface area (Å²) in [7, 11) is 1.10. The maximum absolute atomic E-state index is 10.6. The second-order valence-corrected chi connectivity index (χ2v) is 1.99. The predicted molar refractivity (Wildman–Crippen MR) is 40.6 cm³/mol. The van der Waals surface area contributed by atoms with E-state index in [0.29, 0.717) is 0 Å². The minimum Gasteiger partial charge on any atom is -0.465 e. The molecule has 0 aromatic rings. The number of carbonyl (C=O) groups is 2. The zero-order chi connectivity index (χ0) is 10.3. The van der Waals surface area contributed by atoms with E-state index >= 15 is 0 Å². The maximum atomic E-state index is 10.6. The van der Waals surface area contributed by atoms with Gasteiger partial charge in [0.05, 0.1) is 13.7 Å². The molecular weight excluding hydrogens is 180 g/mol. The molecule has 0 radical (unpaired) electrons. The van der Waals surface area contributed by atoms with E-state index in [-0.39, 0.29) is 6.61 Å². The van der Waals surface area contributed by atoms with Crippen LogP contribution in [0.1, 0.15) is 6.92 Å². The number of hydrogen-bond donors (Lipinski definition) is 1. The Morgan fingerprint density at radius 1 is 1.46 bits per heavy atom. The summed E-state index contributed by atoms with van der Waals surface area (Å²) in [6.45, 7) is 1.37. The largest absolute Gasteiger partial charge is 0.465 e. The van der Waals surface area contributed by atoms with Crippen molar-refractivity contribution in [1.82, 2.24) is 0 Å². The van der Waals surface area contributed by atoms with Crippen LogP contribution in [-0.2, 0) is 23.8 Å². The van der Waals surface area contributed by atoms with Crippen molar-refractivity contribution in [2.24, 2.45) is 0 Å². The minimum atomic E-state index is -1.74. The lowest BCUT2D eigenvalue weighted by molar-refractivity contribution is -0.185. The highest BCUT2D eigenvalue weighted by molar-refractivity contribution is 5.74. The fourth-order valence-electron chi connectivity index (χ4n) is 0.518. The lowest BCUT2D eigenvalue weighted by Crippen LogP contribution is -2.28. The number of methoxy groups -OCH3 is 1. The van der Waals surface area contributed by atoms with Crippen LogP contribution in [0.4, 0.5) is 0 Å². The Kier molecular flexibility index (Phi) is 5.82. The van der Waals surface area contributed by atoms with Gasteiger partial charge in [0.1, 0.15) is 6.61 Å². The van der Waals surface area contributed by atoms with E-state index in [2.05, 4.69) is 14.2 Å². The Labute approximate surface area is 75.4 Å². The first-order valence-corrected chi connectivity index (χ1v) is 3.65. The van der Waals surface area contributed by atoms with Gasteiger partial charge in [0.25, 0.3) is 6.29 Å². The molecule has 0 heterocycles. The molecule has 0 saturated carbocycles. The minimum absolute atomic E-state index is 0.219. The van der Waals surface area contributed by atoms with Gasteiger partial charge >= 0.3 is 11.9 Å². The van der Waals surface area contributed by atoms with Crippen molar-refractivity contribution in [3.63, 3.8) is 0 Å². The van der Waals surface area contributed by atoms with Crippen molar-refractivity contribution in [3.05, 3.63) is 0 Å². The standard InChI is InChI=1S/C7H12O6/c1-3-12-5(8)4-13-7(10)6(9)11-2/h7,10H,3-4H2,1-2H3/t7-/m0/s1. The third-order valence-corrected chi connectivity index (χ3v) is 1.07. The number of aliphatic hydroxyl groups excluding tert-OH is 1. The molecule has 0 aromatic heterocycles. The number of rotatable bonds is 5. The summed E-state index contributed by atoms with van der Waals surface area (Å²) in [5.74, 6) is -1.60. The molecular formula is C7H12O6. The normalized spacial score (nSPS) is 11.9. The second kappa shape index (κ2) is 6.38. The van der Waals surface area contributed by atoms with Crippen LogP contribution < -0.4 is 0 Å². The monoisotopic (exact) mass is 192 g/mol. The van der Waals surface area contributed by atoms with E-state index in [1.807, 2.05) is 0 Å². The first kappa shape index (κ1) is 11.9. The SMILES string of the molecule is CCOC(=O)CO[C@H](O)C(=O)OC. The molecule has 0 unspecified atom stereocenters. The second-order valence-electron chi connectivity index (χ2n) is 1.99. The molecule has 0 bridgehead atoms. The van der Waals surface area contributed by atoms with Crippen molar-refractivity contribution in [2.75, 3.05) is 20.3 Å². The number of carbonyl (C=O) groups excluding carboxylic acids is 2. The van der Waals surface area contributed by atoms with Gasteiger partial charge < -0.3 is 19.3 Å². The van der Waals surface area contributed by atoms with E-state index in [4.69, 9.17) is 5.11 Å². The Bertz CT molecular complexity index is 178. The summed E-state index contributed by atoms with van der Waals surface area (Å²) >= 11 is 0. The van der Waals surface area contributed by atoms with Gasteiger partial charge in [0.2, 0.25) is 0 Å². The summed E-state index contributed by atoms with van der Waals surface area (Å²) in [6.07, 6.45) is -1.74. The van der Waals surface area contributed by atoms with E-state index < -0.39 is 24.8 Å². The van der Waals surface area contributed by atoms with Gasteiger partial charge in [-0.05, 0) is 6.92 Å². The fourth-order valence-corrected chi connectivity index (χ4v) is 0.518. The molecule has 0 saturated heterocycles. The van der Waals surface area contributed by atoms with Crippen LogP contribution in [0.3, 0.4) is 0 Å². The molecule has 76 valence electrons. The van der Waals surface area contributed by atoms with Crippen molar-refractivity contribution >= 4 is 11.9 Å². The van der Waals surface area contributed by atoms with E-state index in [1.54, 1.807) is 6.92 Å². The maximum Gasteiger partial charge on any atom is 0.363 e. The van der Waals surface area contributed by atoms with Crippen molar-refractivity contribution < 1.29 is 28.9 Å². The Morgan fingerprint density at radius 3 is 2.54 bits per heavy atom. The zero-order valence-electron chi connectivity index (χ0n) is 7.48. The van der Waals surface area contributed by atoms with Crippen LogP contribution in [0.5, 0.6) is 0 Å². The molecule has 0 aromatic carbocycles. The van der Waals surface area contributed by atoms with E-state index in [9.17, 15) is 9.59 Å². The van der Waals surface area contributed by atoms with Gasteiger partial charge in [-0.15, -0.1) is 0 Å². The lowest BCUT2D eigenvalue weighted by atomic mass is 10.6. The molecule has 6 heteroatoms. The van der Waals surface area contributed by atoms with Gasteiger partial charge in [-0.2, -0.15) is 0 Å². The van der Waals surface area contributed by atoms with E-state index in [1.165, 1.54) is 0 Å². The molecule has 0 fully saturated rings. The molecule has 6 nitrogen and oxygen atoms in total. The molecule has 0 aliphatic carbocycles. The molecule has 1 atom stereocenters. The number of ether oxygens (including phenoxy) is 3. The van der Waals surface area contributed by atoms with Crippen LogP contribution in [0.15, 0.2) is 0 Å². The Morgan fingerprint density at radius 2 is 2.08 bits per heavy atom. The summed E-state index contributed by atoms with van der Waals surface area (Å²) in [6, 6.07) is 0. The summed E-state index contributed by atoms with van der Waals surface area (Å²) in [5, 5.41) is 8.83. The quantitative estimate of drug-likeness (QED) is 0.447. The van der Waals surface area contributed by atoms with Crippen LogP contribution in [0, 0.1) is 0 Å². The van der Waals surface area contributed by atoms with Gasteiger partial charge in [-0.25, -0.2) is 9.59 Å². The summed E-state index contributed by atoms with van der Waals surface area (Å²) < 4.78 is 13.0. The molecule has 0 aliphatic rings. The first-order chi connectivity index (χ1) is 6.11. The Hall–Kier alpha value is -1.14. The van der Waals surface area contributed by atoms with Gasteiger partial charge in [0.15, 0.2) is 0 Å². The number of esters is 2. The number of hydrogen-bond acceptors (Lipinski definition) is 6. The summed E-state index contributed by atoms with van der Waals surface area (Å²) in [4.78, 5) is 21.2. The van der Waals surface area contributed by atoms with Crippen molar-refractivity contribution in [1.29, 1.82) is 0 Å². The predicted octanol–water partition coefficient (Wildman–Crippen LogP) is -0.943. The van der Waals surface area contributed by atoms with Crippen LogP contribution in [-0.4, -0.2) is 43.7 Å². The molecule has 13 heavy (non-hydrogen) atoms. The topological polar surface area (TPSA) is 82.1 Å². The molecule has 0 rings (SSSR count). The van der Waals surface area contributed by atoms with Gasteiger partial charge in [-0.3, -0.25) is 0 Å². The van der Waals surface area contributed by atoms with Gasteiger partial charge in [0, 0.05) is 0 Å². The zero-order valence-corrected chi connectivity index (χ0v) is 7.48. The van der Waals surface area contributed by atoms with Crippen molar-refractivity contribution in [2.45, 2.75) is 13.2 Å². The van der Waals surface area contributed by atoms with E-state index in [0.717, 1.165) is 7.11 Å². The summed E-state index contributed by atoms with van der Waals surface area (Å²) in [5.41, 5.74) is 0. The lowest BCUT2D eigenvalue weighted by Gasteiger charge is -2.08. The molecule has 0 spiro atoms. The highest BCUT2D eigenvalue weighted by Crippen LogP contribution is 1.91. The smallest absolute Gasteiger partial charge is 0.363 e. The molecule has 0 amide bonds. The van der Waals surface area contributed by atoms with Crippen LogP contribution >= 0.6 is 0 Å².